The van der Waals surface area contributed by atoms with E-state index in [9.17, 15) is 18.7 Å². The number of benzene rings is 1. The first-order valence-corrected chi connectivity index (χ1v) is 5.52. The molecule has 0 spiro atoms. The van der Waals surface area contributed by atoms with Crippen LogP contribution < -0.4 is 10.5 Å². The maximum atomic E-state index is 13.7. The maximum Gasteiger partial charge on any atom is 0.379 e. The van der Waals surface area contributed by atoms with Crippen LogP contribution in [0.1, 0.15) is 18.5 Å². The van der Waals surface area contributed by atoms with Crippen molar-refractivity contribution in [3.63, 3.8) is 0 Å². The van der Waals surface area contributed by atoms with Crippen LogP contribution in [-0.4, -0.2) is 30.7 Å². The van der Waals surface area contributed by atoms with Crippen LogP contribution in [0.15, 0.2) is 18.2 Å². The van der Waals surface area contributed by atoms with Gasteiger partial charge in [0.25, 0.3) is 0 Å². The van der Waals surface area contributed by atoms with E-state index in [2.05, 4.69) is 4.74 Å². The van der Waals surface area contributed by atoms with E-state index < -0.39 is 23.7 Å². The molecule has 20 heavy (non-hydrogen) atoms. The highest BCUT2D eigenvalue weighted by Crippen LogP contribution is 2.36. The second kappa shape index (κ2) is 7.25. The molecule has 0 fully saturated rings. The van der Waals surface area contributed by atoms with Gasteiger partial charge in [-0.1, -0.05) is 0 Å². The molecule has 114 valence electrons. The molecule has 0 saturated carbocycles. The summed E-state index contributed by atoms with van der Waals surface area (Å²) in [5.41, 5.74) is 5.08. The van der Waals surface area contributed by atoms with Crippen molar-refractivity contribution in [3.05, 3.63) is 23.8 Å². The Kier molecular flexibility index (Phi) is 6.67. The maximum absolute atomic E-state index is 13.7. The summed E-state index contributed by atoms with van der Waals surface area (Å²) in [4.78, 5) is 11.2. The molecule has 1 rings (SSSR count). The van der Waals surface area contributed by atoms with Gasteiger partial charge in [-0.05, 0) is 19.1 Å². The van der Waals surface area contributed by atoms with Crippen molar-refractivity contribution in [2.24, 2.45) is 5.73 Å². The minimum Gasteiger partial charge on any atom is -0.507 e. The molecule has 1 aromatic rings. The zero-order valence-corrected chi connectivity index (χ0v) is 11.7. The van der Waals surface area contributed by atoms with Crippen LogP contribution in [0.4, 0.5) is 8.78 Å². The fraction of sp³-hybridized carbons (Fsp3) is 0.417. The average Bonchev–Trinajstić information content (AvgIpc) is 2.37. The molecule has 0 saturated heterocycles. The lowest BCUT2D eigenvalue weighted by Crippen LogP contribution is -2.41. The molecule has 0 aliphatic heterocycles. The lowest BCUT2D eigenvalue weighted by Gasteiger charge is -2.22. The lowest BCUT2D eigenvalue weighted by atomic mass is 10.0. The van der Waals surface area contributed by atoms with Gasteiger partial charge < -0.3 is 20.3 Å². The highest BCUT2D eigenvalue weighted by Gasteiger charge is 2.48. The van der Waals surface area contributed by atoms with Gasteiger partial charge in [0.2, 0.25) is 0 Å². The highest BCUT2D eigenvalue weighted by atomic mass is 35.5. The molecule has 0 aliphatic carbocycles. The van der Waals surface area contributed by atoms with Crippen LogP contribution in [0, 0.1) is 0 Å². The fourth-order valence-electron chi connectivity index (χ4n) is 1.46. The van der Waals surface area contributed by atoms with Crippen LogP contribution in [0.3, 0.4) is 0 Å². The van der Waals surface area contributed by atoms with Gasteiger partial charge in [0, 0.05) is 11.6 Å². The largest absolute Gasteiger partial charge is 0.507 e. The normalized spacial score (nSPS) is 12.2. The second-order valence-electron chi connectivity index (χ2n) is 3.75. The summed E-state index contributed by atoms with van der Waals surface area (Å²) >= 11 is 0. The monoisotopic (exact) mass is 311 g/mol. The Balaban J connectivity index is 0.00000361. The molecule has 3 N–H and O–H groups in total. The summed E-state index contributed by atoms with van der Waals surface area (Å²) in [5.74, 6) is -5.84. The number of esters is 1. The predicted octanol–water partition coefficient (Wildman–Crippen LogP) is 2.02. The van der Waals surface area contributed by atoms with E-state index in [0.29, 0.717) is 0 Å². The van der Waals surface area contributed by atoms with Crippen LogP contribution in [0.25, 0.3) is 0 Å². The van der Waals surface area contributed by atoms with Gasteiger partial charge in [0.15, 0.2) is 0 Å². The molecule has 0 unspecified atom stereocenters. The Bertz CT molecular complexity index is 471. The van der Waals surface area contributed by atoms with Gasteiger partial charge in [0.05, 0.1) is 13.7 Å². The molecule has 0 aliphatic rings. The SMILES string of the molecule is CCOC(=O)C(F)(F)[C@H](N)c1ccc(OC)cc1O.Cl. The van der Waals surface area contributed by atoms with E-state index in [1.54, 1.807) is 0 Å². The number of carbonyl (C=O) groups excluding carboxylic acids is 1. The first-order valence-electron chi connectivity index (χ1n) is 5.52. The van der Waals surface area contributed by atoms with Crippen LogP contribution in [0.5, 0.6) is 11.5 Å². The number of aromatic hydroxyl groups is 1. The van der Waals surface area contributed by atoms with Crippen molar-refractivity contribution in [3.8, 4) is 11.5 Å². The number of carbonyl (C=O) groups is 1. The zero-order valence-electron chi connectivity index (χ0n) is 10.9. The lowest BCUT2D eigenvalue weighted by molar-refractivity contribution is -0.174. The Morgan fingerprint density at radius 2 is 2.10 bits per heavy atom. The van der Waals surface area contributed by atoms with Gasteiger partial charge in [0.1, 0.15) is 17.5 Å². The number of rotatable bonds is 5. The van der Waals surface area contributed by atoms with E-state index >= 15 is 0 Å². The molecule has 0 radical (unpaired) electrons. The number of halogens is 3. The molecular weight excluding hydrogens is 296 g/mol. The number of hydrogen-bond acceptors (Lipinski definition) is 5. The molecule has 0 amide bonds. The van der Waals surface area contributed by atoms with Crippen LogP contribution in [-0.2, 0) is 9.53 Å². The Morgan fingerprint density at radius 1 is 1.50 bits per heavy atom. The number of phenols is 1. The van der Waals surface area contributed by atoms with Gasteiger partial charge >= 0.3 is 11.9 Å². The molecule has 1 atom stereocenters. The molecule has 0 bridgehead atoms. The number of methoxy groups -OCH3 is 1. The van der Waals surface area contributed by atoms with Crippen molar-refractivity contribution in [1.29, 1.82) is 0 Å². The van der Waals surface area contributed by atoms with Crippen LogP contribution >= 0.6 is 12.4 Å². The topological polar surface area (TPSA) is 81.8 Å². The molecule has 1 aromatic carbocycles. The Hall–Kier alpha value is -1.60. The van der Waals surface area contributed by atoms with Crippen molar-refractivity contribution in [2.45, 2.75) is 18.9 Å². The summed E-state index contributed by atoms with van der Waals surface area (Å²) in [6.07, 6.45) is 0. The van der Waals surface area contributed by atoms with Crippen molar-refractivity contribution in [1.82, 2.24) is 0 Å². The highest BCUT2D eigenvalue weighted by molar-refractivity contribution is 5.85. The summed E-state index contributed by atoms with van der Waals surface area (Å²) < 4.78 is 36.5. The summed E-state index contributed by atoms with van der Waals surface area (Å²) in [6.45, 7) is 1.22. The number of alkyl halides is 2. The molecule has 5 nitrogen and oxygen atoms in total. The third kappa shape index (κ3) is 3.71. The Labute approximate surface area is 121 Å². The molecule has 8 heteroatoms. The summed E-state index contributed by atoms with van der Waals surface area (Å²) in [7, 11) is 1.36. The average molecular weight is 312 g/mol. The predicted molar refractivity (Wildman–Crippen MR) is 70.4 cm³/mol. The third-order valence-electron chi connectivity index (χ3n) is 2.51. The van der Waals surface area contributed by atoms with E-state index in [-0.39, 0.29) is 30.3 Å². The molecular formula is C12H16ClF2NO4. The molecule has 0 heterocycles. The minimum atomic E-state index is -3.93. The zero-order chi connectivity index (χ0) is 14.6. The number of hydrogen-bond donors (Lipinski definition) is 2. The Morgan fingerprint density at radius 3 is 2.55 bits per heavy atom. The van der Waals surface area contributed by atoms with Gasteiger partial charge in [-0.15, -0.1) is 12.4 Å². The quantitative estimate of drug-likeness (QED) is 0.813. The minimum absolute atomic E-state index is 0. The molecule has 0 aromatic heterocycles. The first kappa shape index (κ1) is 18.4. The number of phenolic OH excluding ortho intramolecular Hbond substituents is 1. The fourth-order valence-corrected chi connectivity index (χ4v) is 1.46. The first-order chi connectivity index (χ1) is 8.84. The second-order valence-corrected chi connectivity index (χ2v) is 3.75. The standard InChI is InChI=1S/C12H15F2NO4.ClH/c1-3-19-11(17)12(13,14)10(15)8-5-4-7(18-2)6-9(8)16;/h4-6,10,16H,3,15H2,1-2H3;1H/t10-;/m1./s1. The van der Waals surface area contributed by atoms with E-state index in [1.165, 1.54) is 26.2 Å². The van der Waals surface area contributed by atoms with Gasteiger partial charge in [-0.2, -0.15) is 8.78 Å². The number of nitrogens with two attached hydrogens (primary N) is 1. The van der Waals surface area contributed by atoms with E-state index in [1.807, 2.05) is 0 Å². The van der Waals surface area contributed by atoms with Crippen LogP contribution in [0.2, 0.25) is 0 Å². The van der Waals surface area contributed by atoms with E-state index in [0.717, 1.165) is 6.07 Å². The van der Waals surface area contributed by atoms with Crippen molar-refractivity contribution in [2.75, 3.05) is 13.7 Å². The van der Waals surface area contributed by atoms with E-state index in [4.69, 9.17) is 10.5 Å². The van der Waals surface area contributed by atoms with Crippen molar-refractivity contribution < 1.29 is 28.2 Å². The van der Waals surface area contributed by atoms with Gasteiger partial charge in [-0.25, -0.2) is 4.79 Å². The van der Waals surface area contributed by atoms with Gasteiger partial charge in [-0.3, -0.25) is 0 Å². The number of ether oxygens (including phenoxy) is 2. The summed E-state index contributed by atoms with van der Waals surface area (Å²) in [5, 5.41) is 9.62. The third-order valence-corrected chi connectivity index (χ3v) is 2.51. The smallest absolute Gasteiger partial charge is 0.379 e. The van der Waals surface area contributed by atoms with Crippen molar-refractivity contribution >= 4 is 18.4 Å². The summed E-state index contributed by atoms with van der Waals surface area (Å²) in [6, 6.07) is 1.66.